The van der Waals surface area contributed by atoms with Gasteiger partial charge in [-0.2, -0.15) is 0 Å². The van der Waals surface area contributed by atoms with E-state index in [-0.39, 0.29) is 5.82 Å². The number of aromatic nitrogens is 2. The van der Waals surface area contributed by atoms with E-state index in [0.717, 1.165) is 0 Å². The second kappa shape index (κ2) is 5.57. The van der Waals surface area contributed by atoms with Crippen LogP contribution in [-0.2, 0) is 11.0 Å². The van der Waals surface area contributed by atoms with Crippen LogP contribution < -0.4 is 4.72 Å². The summed E-state index contributed by atoms with van der Waals surface area (Å²) in [5.74, 6) is -0.338. The molecule has 6 heteroatoms. The van der Waals surface area contributed by atoms with E-state index in [1.165, 1.54) is 6.07 Å². The van der Waals surface area contributed by atoms with Crippen LogP contribution in [0.4, 0.5) is 10.1 Å². The molecular weight excluding hydrogens is 289 g/mol. The Labute approximate surface area is 123 Å². The van der Waals surface area contributed by atoms with Crippen LogP contribution in [0.2, 0.25) is 0 Å². The monoisotopic (exact) mass is 301 g/mol. The Morgan fingerprint density at radius 2 is 1.95 bits per heavy atom. The Morgan fingerprint density at radius 3 is 2.76 bits per heavy atom. The van der Waals surface area contributed by atoms with E-state index in [1.54, 1.807) is 49.6 Å². The third-order valence-corrected chi connectivity index (χ3v) is 4.19. The number of nitrogens with zero attached hydrogens (tertiary/aromatic N) is 2. The predicted octanol–water partition coefficient (Wildman–Crippen LogP) is 3.21. The SMILES string of the molecule is Cc1ccc(NS(=O)c2cccc3nccnc23)cc1F. The first-order chi connectivity index (χ1) is 10.1. The number of rotatable bonds is 3. The van der Waals surface area contributed by atoms with Crippen LogP contribution in [0.1, 0.15) is 5.56 Å². The fourth-order valence-electron chi connectivity index (χ4n) is 1.93. The van der Waals surface area contributed by atoms with Crippen molar-refractivity contribution in [3.05, 3.63) is 60.2 Å². The highest BCUT2D eigenvalue weighted by molar-refractivity contribution is 7.86. The largest absolute Gasteiger partial charge is 0.301 e. The van der Waals surface area contributed by atoms with Crippen molar-refractivity contribution in [3.63, 3.8) is 0 Å². The lowest BCUT2D eigenvalue weighted by molar-refractivity contribution is 0.619. The Morgan fingerprint density at radius 1 is 1.14 bits per heavy atom. The standard InChI is InChI=1S/C15H12FN3OS/c1-10-5-6-11(9-12(10)16)19-21(20)14-4-2-3-13-15(14)18-8-7-17-13/h2-9,19H,1H3. The van der Waals surface area contributed by atoms with Crippen LogP contribution in [0.3, 0.4) is 0 Å². The second-order valence-corrected chi connectivity index (χ2v) is 5.70. The molecular formula is C15H12FN3OS. The van der Waals surface area contributed by atoms with E-state index >= 15 is 0 Å². The molecule has 2 aromatic carbocycles. The van der Waals surface area contributed by atoms with Gasteiger partial charge in [0.1, 0.15) is 11.3 Å². The van der Waals surface area contributed by atoms with Gasteiger partial charge in [0.05, 0.1) is 10.4 Å². The molecule has 21 heavy (non-hydrogen) atoms. The first-order valence-corrected chi connectivity index (χ1v) is 7.44. The number of nitrogens with one attached hydrogen (secondary N) is 1. The highest BCUT2D eigenvalue weighted by Crippen LogP contribution is 2.20. The van der Waals surface area contributed by atoms with Gasteiger partial charge in [-0.3, -0.25) is 9.97 Å². The second-order valence-electron chi connectivity index (χ2n) is 4.51. The molecule has 0 fully saturated rings. The van der Waals surface area contributed by atoms with E-state index in [0.29, 0.717) is 27.2 Å². The van der Waals surface area contributed by atoms with Gasteiger partial charge in [0.15, 0.2) is 11.0 Å². The molecule has 0 aliphatic rings. The molecule has 0 radical (unpaired) electrons. The average molecular weight is 301 g/mol. The van der Waals surface area contributed by atoms with Crippen molar-refractivity contribution in [2.75, 3.05) is 4.72 Å². The van der Waals surface area contributed by atoms with Crippen LogP contribution in [-0.4, -0.2) is 14.2 Å². The molecule has 1 N–H and O–H groups in total. The maximum atomic E-state index is 13.5. The molecule has 0 aliphatic carbocycles. The molecule has 0 saturated heterocycles. The van der Waals surface area contributed by atoms with Gasteiger partial charge in [-0.15, -0.1) is 0 Å². The maximum absolute atomic E-state index is 13.5. The summed E-state index contributed by atoms with van der Waals surface area (Å²) in [7, 11) is -1.54. The zero-order valence-electron chi connectivity index (χ0n) is 11.2. The number of anilines is 1. The Balaban J connectivity index is 1.95. The van der Waals surface area contributed by atoms with Crippen molar-refractivity contribution < 1.29 is 8.60 Å². The van der Waals surface area contributed by atoms with Crippen molar-refractivity contribution in [1.29, 1.82) is 0 Å². The summed E-state index contributed by atoms with van der Waals surface area (Å²) in [5, 5.41) is 0. The minimum atomic E-state index is -1.54. The lowest BCUT2D eigenvalue weighted by Gasteiger charge is -2.08. The number of halogens is 1. The molecule has 1 aromatic heterocycles. The van der Waals surface area contributed by atoms with Gasteiger partial charge in [-0.05, 0) is 36.8 Å². The zero-order chi connectivity index (χ0) is 14.8. The van der Waals surface area contributed by atoms with Crippen LogP contribution in [0.15, 0.2) is 53.7 Å². The molecule has 0 bridgehead atoms. The number of benzene rings is 2. The average Bonchev–Trinajstić information content (AvgIpc) is 2.50. The lowest BCUT2D eigenvalue weighted by atomic mass is 10.2. The van der Waals surface area contributed by atoms with Gasteiger partial charge in [0.25, 0.3) is 0 Å². The van der Waals surface area contributed by atoms with E-state index in [9.17, 15) is 8.60 Å². The predicted molar refractivity (Wildman–Crippen MR) is 80.7 cm³/mol. The third-order valence-electron chi connectivity index (χ3n) is 3.04. The summed E-state index contributed by atoms with van der Waals surface area (Å²) < 4.78 is 28.7. The molecule has 1 heterocycles. The fourth-order valence-corrected chi connectivity index (χ4v) is 2.92. The maximum Gasteiger partial charge on any atom is 0.152 e. The Kier molecular flexibility index (Phi) is 3.62. The first kappa shape index (κ1) is 13.6. The molecule has 4 nitrogen and oxygen atoms in total. The van der Waals surface area contributed by atoms with Crippen molar-refractivity contribution in [2.24, 2.45) is 0 Å². The summed E-state index contributed by atoms with van der Waals surface area (Å²) in [5.41, 5.74) is 2.23. The summed E-state index contributed by atoms with van der Waals surface area (Å²) in [4.78, 5) is 8.89. The van der Waals surface area contributed by atoms with Gasteiger partial charge in [0, 0.05) is 18.1 Å². The van der Waals surface area contributed by atoms with Crippen molar-refractivity contribution in [1.82, 2.24) is 9.97 Å². The van der Waals surface area contributed by atoms with Crippen LogP contribution in [0.5, 0.6) is 0 Å². The first-order valence-electron chi connectivity index (χ1n) is 6.29. The molecule has 106 valence electrons. The molecule has 0 amide bonds. The third kappa shape index (κ3) is 2.75. The van der Waals surface area contributed by atoms with E-state index in [2.05, 4.69) is 14.7 Å². The molecule has 0 aliphatic heterocycles. The number of aryl methyl sites for hydroxylation is 1. The normalized spacial score (nSPS) is 12.3. The van der Waals surface area contributed by atoms with E-state index in [4.69, 9.17) is 0 Å². The minimum absolute atomic E-state index is 0.338. The molecule has 0 saturated carbocycles. The van der Waals surface area contributed by atoms with Crippen LogP contribution >= 0.6 is 0 Å². The molecule has 0 spiro atoms. The lowest BCUT2D eigenvalue weighted by Crippen LogP contribution is -2.06. The van der Waals surface area contributed by atoms with Crippen molar-refractivity contribution in [2.45, 2.75) is 11.8 Å². The molecule has 1 atom stereocenters. The van der Waals surface area contributed by atoms with Gasteiger partial charge in [-0.25, -0.2) is 8.60 Å². The van der Waals surface area contributed by atoms with E-state index in [1.807, 2.05) is 0 Å². The zero-order valence-corrected chi connectivity index (χ0v) is 12.0. The van der Waals surface area contributed by atoms with Gasteiger partial charge in [0.2, 0.25) is 0 Å². The Bertz CT molecular complexity index is 833. The van der Waals surface area contributed by atoms with E-state index < -0.39 is 11.0 Å². The summed E-state index contributed by atoms with van der Waals surface area (Å²) in [6.45, 7) is 1.68. The minimum Gasteiger partial charge on any atom is -0.301 e. The van der Waals surface area contributed by atoms with Crippen LogP contribution in [0, 0.1) is 12.7 Å². The molecule has 3 rings (SSSR count). The summed E-state index contributed by atoms with van der Waals surface area (Å²) >= 11 is 0. The quantitative estimate of drug-likeness (QED) is 0.808. The van der Waals surface area contributed by atoms with Gasteiger partial charge < -0.3 is 4.72 Å². The van der Waals surface area contributed by atoms with Gasteiger partial charge in [-0.1, -0.05) is 12.1 Å². The van der Waals surface area contributed by atoms with Gasteiger partial charge >= 0.3 is 0 Å². The smallest absolute Gasteiger partial charge is 0.152 e. The van der Waals surface area contributed by atoms with Crippen molar-refractivity contribution in [3.8, 4) is 0 Å². The Hall–Kier alpha value is -2.34. The highest BCUT2D eigenvalue weighted by atomic mass is 32.2. The number of fused-ring (bicyclic) bond motifs is 1. The highest BCUT2D eigenvalue weighted by Gasteiger charge is 2.11. The summed E-state index contributed by atoms with van der Waals surface area (Å²) in [6.07, 6.45) is 3.13. The van der Waals surface area contributed by atoms with Crippen molar-refractivity contribution >= 4 is 27.7 Å². The van der Waals surface area contributed by atoms with Crippen LogP contribution in [0.25, 0.3) is 11.0 Å². The molecule has 1 unspecified atom stereocenters. The number of para-hydroxylation sites is 1. The topological polar surface area (TPSA) is 54.9 Å². The number of hydrogen-bond acceptors (Lipinski definition) is 3. The number of hydrogen-bond donors (Lipinski definition) is 1. The fraction of sp³-hybridized carbons (Fsp3) is 0.0667. The molecule has 3 aromatic rings. The summed E-state index contributed by atoms with van der Waals surface area (Å²) in [6, 6.07) is 9.93.